The maximum absolute atomic E-state index is 4.33. The molecule has 1 unspecified atom stereocenters. The smallest absolute Gasteiger partial charge is 0.0579 e. The van der Waals surface area contributed by atoms with Crippen LogP contribution in [0.2, 0.25) is 0 Å². The van der Waals surface area contributed by atoms with Crippen LogP contribution in [0.25, 0.3) is 0 Å². The van der Waals surface area contributed by atoms with Crippen molar-refractivity contribution in [1.82, 2.24) is 4.98 Å². The van der Waals surface area contributed by atoms with E-state index in [0.29, 0.717) is 6.04 Å². The van der Waals surface area contributed by atoms with Gasteiger partial charge in [-0.2, -0.15) is 0 Å². The van der Waals surface area contributed by atoms with Crippen LogP contribution in [-0.4, -0.2) is 4.98 Å². The van der Waals surface area contributed by atoms with Crippen molar-refractivity contribution in [2.24, 2.45) is 0 Å². The summed E-state index contributed by atoms with van der Waals surface area (Å²) in [5.74, 6) is 0. The molecule has 100 valence electrons. The number of anilines is 1. The Kier molecular flexibility index (Phi) is 3.56. The average molecular weight is 272 g/mol. The largest absolute Gasteiger partial charge is 0.376 e. The molecule has 2 heterocycles. The molecule has 0 radical (unpaired) electrons. The van der Waals surface area contributed by atoms with Crippen molar-refractivity contribution in [3.05, 3.63) is 45.4 Å². The summed E-state index contributed by atoms with van der Waals surface area (Å²) in [5.41, 5.74) is 3.75. The second-order valence-corrected chi connectivity index (χ2v) is 6.53. The molecule has 3 heteroatoms. The molecule has 0 saturated carbocycles. The van der Waals surface area contributed by atoms with Crippen molar-refractivity contribution in [3.8, 4) is 0 Å². The van der Waals surface area contributed by atoms with E-state index in [2.05, 4.69) is 35.4 Å². The van der Waals surface area contributed by atoms with Crippen LogP contribution in [0.3, 0.4) is 0 Å². The van der Waals surface area contributed by atoms with Gasteiger partial charge in [0, 0.05) is 15.4 Å². The third kappa shape index (κ3) is 2.81. The standard InChI is InChI=1S/C16H20N2S/c1-11-7-8-14(10-17-11)18-12(2)16-9-13-5-3-4-6-15(13)19-16/h7-10,12,18H,3-6H2,1-2H3. The summed E-state index contributed by atoms with van der Waals surface area (Å²) in [5, 5.41) is 3.54. The number of aromatic nitrogens is 1. The highest BCUT2D eigenvalue weighted by Crippen LogP contribution is 2.33. The molecule has 2 aromatic heterocycles. The molecule has 0 amide bonds. The molecule has 3 rings (SSSR count). The third-order valence-corrected chi connectivity index (χ3v) is 5.16. The average Bonchev–Trinajstić information content (AvgIpc) is 2.85. The van der Waals surface area contributed by atoms with E-state index in [1.807, 2.05) is 24.5 Å². The quantitative estimate of drug-likeness (QED) is 0.889. The van der Waals surface area contributed by atoms with E-state index in [9.17, 15) is 0 Å². The number of aryl methyl sites for hydroxylation is 3. The van der Waals surface area contributed by atoms with Crippen molar-refractivity contribution in [2.45, 2.75) is 45.6 Å². The van der Waals surface area contributed by atoms with E-state index >= 15 is 0 Å². The summed E-state index contributed by atoms with van der Waals surface area (Å²) >= 11 is 1.98. The summed E-state index contributed by atoms with van der Waals surface area (Å²) in [6.07, 6.45) is 7.17. The molecular formula is C16H20N2S. The molecule has 0 spiro atoms. The van der Waals surface area contributed by atoms with Crippen LogP contribution < -0.4 is 5.32 Å². The van der Waals surface area contributed by atoms with Gasteiger partial charge in [0.05, 0.1) is 17.9 Å². The number of pyridine rings is 1. The monoisotopic (exact) mass is 272 g/mol. The van der Waals surface area contributed by atoms with Crippen molar-refractivity contribution < 1.29 is 0 Å². The number of hydrogen-bond donors (Lipinski definition) is 1. The SMILES string of the molecule is Cc1ccc(NC(C)c2cc3c(s2)CCCC3)cn1. The molecule has 2 aromatic rings. The Balaban J connectivity index is 1.74. The normalized spacial score (nSPS) is 15.9. The predicted molar refractivity (Wildman–Crippen MR) is 82.0 cm³/mol. The first-order chi connectivity index (χ1) is 9.22. The molecule has 1 N–H and O–H groups in total. The summed E-state index contributed by atoms with van der Waals surface area (Å²) in [4.78, 5) is 7.39. The van der Waals surface area contributed by atoms with Gasteiger partial charge in [-0.1, -0.05) is 0 Å². The van der Waals surface area contributed by atoms with Gasteiger partial charge in [-0.05, 0) is 63.3 Å². The lowest BCUT2D eigenvalue weighted by Crippen LogP contribution is -2.05. The maximum atomic E-state index is 4.33. The minimum Gasteiger partial charge on any atom is -0.376 e. The van der Waals surface area contributed by atoms with E-state index in [0.717, 1.165) is 11.4 Å². The van der Waals surface area contributed by atoms with Crippen molar-refractivity contribution >= 4 is 17.0 Å². The molecule has 0 saturated heterocycles. The highest BCUT2D eigenvalue weighted by Gasteiger charge is 2.16. The zero-order valence-electron chi connectivity index (χ0n) is 11.6. The van der Waals surface area contributed by atoms with Crippen LogP contribution in [0.15, 0.2) is 24.4 Å². The van der Waals surface area contributed by atoms with E-state index in [4.69, 9.17) is 0 Å². The Morgan fingerprint density at radius 3 is 2.84 bits per heavy atom. The summed E-state index contributed by atoms with van der Waals surface area (Å²) < 4.78 is 0. The van der Waals surface area contributed by atoms with Crippen LogP contribution in [0.1, 0.15) is 46.8 Å². The molecule has 0 aliphatic heterocycles. The molecule has 1 atom stereocenters. The van der Waals surface area contributed by atoms with E-state index < -0.39 is 0 Å². The van der Waals surface area contributed by atoms with Gasteiger partial charge >= 0.3 is 0 Å². The Morgan fingerprint density at radius 1 is 1.26 bits per heavy atom. The van der Waals surface area contributed by atoms with Gasteiger partial charge in [-0.15, -0.1) is 11.3 Å². The lowest BCUT2D eigenvalue weighted by Gasteiger charge is -2.13. The molecule has 19 heavy (non-hydrogen) atoms. The Bertz CT molecular complexity index is 533. The Labute approximate surface area is 118 Å². The van der Waals surface area contributed by atoms with Crippen molar-refractivity contribution in [2.75, 3.05) is 5.32 Å². The molecule has 1 aliphatic rings. The van der Waals surface area contributed by atoms with Gasteiger partial charge in [0.15, 0.2) is 0 Å². The van der Waals surface area contributed by atoms with Gasteiger partial charge in [-0.3, -0.25) is 4.98 Å². The van der Waals surface area contributed by atoms with Gasteiger partial charge < -0.3 is 5.32 Å². The number of rotatable bonds is 3. The maximum Gasteiger partial charge on any atom is 0.0579 e. The molecule has 1 aliphatic carbocycles. The van der Waals surface area contributed by atoms with E-state index in [1.165, 1.54) is 30.6 Å². The fourth-order valence-corrected chi connectivity index (χ4v) is 3.86. The lowest BCUT2D eigenvalue weighted by molar-refractivity contribution is 0.696. The van der Waals surface area contributed by atoms with Crippen LogP contribution in [0, 0.1) is 6.92 Å². The zero-order chi connectivity index (χ0) is 13.2. The van der Waals surface area contributed by atoms with Crippen molar-refractivity contribution in [1.29, 1.82) is 0 Å². The number of nitrogens with zero attached hydrogens (tertiary/aromatic N) is 1. The second-order valence-electron chi connectivity index (χ2n) is 5.36. The number of fused-ring (bicyclic) bond motifs is 1. The summed E-state index contributed by atoms with van der Waals surface area (Å²) in [6.45, 7) is 4.25. The number of nitrogens with one attached hydrogen (secondary N) is 1. The molecule has 0 aromatic carbocycles. The van der Waals surface area contributed by atoms with Gasteiger partial charge in [0.1, 0.15) is 0 Å². The topological polar surface area (TPSA) is 24.9 Å². The molecule has 0 bridgehead atoms. The summed E-state index contributed by atoms with van der Waals surface area (Å²) in [7, 11) is 0. The molecular weight excluding hydrogens is 252 g/mol. The minimum absolute atomic E-state index is 0.361. The van der Waals surface area contributed by atoms with E-state index in [1.54, 1.807) is 10.4 Å². The van der Waals surface area contributed by atoms with Gasteiger partial charge in [0.25, 0.3) is 0 Å². The Morgan fingerprint density at radius 2 is 2.11 bits per heavy atom. The van der Waals surface area contributed by atoms with Crippen LogP contribution in [0.5, 0.6) is 0 Å². The molecule has 0 fully saturated rings. The second kappa shape index (κ2) is 5.33. The highest BCUT2D eigenvalue weighted by molar-refractivity contribution is 7.12. The zero-order valence-corrected chi connectivity index (χ0v) is 12.4. The number of hydrogen-bond acceptors (Lipinski definition) is 3. The van der Waals surface area contributed by atoms with Gasteiger partial charge in [0.2, 0.25) is 0 Å². The van der Waals surface area contributed by atoms with Crippen LogP contribution in [-0.2, 0) is 12.8 Å². The summed E-state index contributed by atoms with van der Waals surface area (Å²) in [6, 6.07) is 6.92. The first kappa shape index (κ1) is 12.7. The fraction of sp³-hybridized carbons (Fsp3) is 0.438. The van der Waals surface area contributed by atoms with Crippen LogP contribution in [0.4, 0.5) is 5.69 Å². The lowest BCUT2D eigenvalue weighted by atomic mass is 9.99. The Hall–Kier alpha value is -1.35. The highest BCUT2D eigenvalue weighted by atomic mass is 32.1. The van der Waals surface area contributed by atoms with E-state index in [-0.39, 0.29) is 0 Å². The minimum atomic E-state index is 0.361. The predicted octanol–water partition coefficient (Wildman–Crippen LogP) is 4.50. The first-order valence-corrected chi connectivity index (χ1v) is 7.85. The fourth-order valence-electron chi connectivity index (χ4n) is 2.60. The third-order valence-electron chi connectivity index (χ3n) is 3.74. The van der Waals surface area contributed by atoms with Crippen molar-refractivity contribution in [3.63, 3.8) is 0 Å². The van der Waals surface area contributed by atoms with Gasteiger partial charge in [-0.25, -0.2) is 0 Å². The number of thiophene rings is 1. The first-order valence-electron chi connectivity index (χ1n) is 7.03. The van der Waals surface area contributed by atoms with Crippen LogP contribution >= 0.6 is 11.3 Å². The molecule has 2 nitrogen and oxygen atoms in total.